The molecule has 132 valence electrons. The molecule has 0 radical (unpaired) electrons. The van der Waals surface area contributed by atoms with E-state index in [-0.39, 0.29) is 29.9 Å². The summed E-state index contributed by atoms with van der Waals surface area (Å²) in [6.07, 6.45) is 1.56. The summed E-state index contributed by atoms with van der Waals surface area (Å²) in [5, 5.41) is 3.97. The van der Waals surface area contributed by atoms with E-state index in [0.717, 1.165) is 19.4 Å². The SMILES string of the molecule is CC(=O)N(Cc1noc(C(C)C)n1)C1CCN(C2CCOC2=O)C1. The van der Waals surface area contributed by atoms with Crippen LogP contribution in [0.5, 0.6) is 0 Å². The molecule has 0 spiro atoms. The number of ether oxygens (including phenoxy) is 1. The van der Waals surface area contributed by atoms with Crippen LogP contribution in [0, 0.1) is 0 Å². The monoisotopic (exact) mass is 336 g/mol. The molecule has 2 saturated heterocycles. The summed E-state index contributed by atoms with van der Waals surface area (Å²) in [5.74, 6) is 1.09. The van der Waals surface area contributed by atoms with Gasteiger partial charge in [0.25, 0.3) is 0 Å². The number of hydrogen-bond donors (Lipinski definition) is 0. The highest BCUT2D eigenvalue weighted by Crippen LogP contribution is 2.24. The smallest absolute Gasteiger partial charge is 0.323 e. The van der Waals surface area contributed by atoms with Crippen LogP contribution in [0.25, 0.3) is 0 Å². The minimum absolute atomic E-state index is 0.0215. The van der Waals surface area contributed by atoms with Gasteiger partial charge >= 0.3 is 5.97 Å². The van der Waals surface area contributed by atoms with Crippen molar-refractivity contribution < 1.29 is 18.8 Å². The molecule has 24 heavy (non-hydrogen) atoms. The van der Waals surface area contributed by atoms with Crippen molar-refractivity contribution in [3.8, 4) is 0 Å². The first kappa shape index (κ1) is 16.9. The average molecular weight is 336 g/mol. The Hall–Kier alpha value is -1.96. The molecular weight excluding hydrogens is 312 g/mol. The maximum Gasteiger partial charge on any atom is 0.323 e. The third-order valence-corrected chi connectivity index (χ3v) is 4.68. The third kappa shape index (κ3) is 3.43. The molecule has 0 saturated carbocycles. The van der Waals surface area contributed by atoms with Crippen molar-refractivity contribution >= 4 is 11.9 Å². The quantitative estimate of drug-likeness (QED) is 0.739. The molecule has 3 heterocycles. The molecule has 2 aliphatic rings. The highest BCUT2D eigenvalue weighted by atomic mass is 16.5. The molecule has 0 aromatic carbocycles. The van der Waals surface area contributed by atoms with E-state index >= 15 is 0 Å². The first-order valence-corrected chi connectivity index (χ1v) is 8.46. The summed E-state index contributed by atoms with van der Waals surface area (Å²) in [6.45, 7) is 7.80. The molecule has 2 atom stereocenters. The number of rotatable bonds is 5. The highest BCUT2D eigenvalue weighted by molar-refractivity contribution is 5.77. The molecule has 3 rings (SSSR count). The molecule has 2 unspecified atom stereocenters. The Morgan fingerprint density at radius 3 is 2.79 bits per heavy atom. The second kappa shape index (κ2) is 6.88. The van der Waals surface area contributed by atoms with Crippen LogP contribution < -0.4 is 0 Å². The third-order valence-electron chi connectivity index (χ3n) is 4.68. The van der Waals surface area contributed by atoms with Gasteiger partial charge in [-0.1, -0.05) is 19.0 Å². The maximum absolute atomic E-state index is 12.1. The number of likely N-dealkylation sites (tertiary alicyclic amines) is 1. The predicted octanol–water partition coefficient (Wildman–Crippen LogP) is 0.931. The number of nitrogens with zero attached hydrogens (tertiary/aromatic N) is 4. The van der Waals surface area contributed by atoms with Crippen molar-refractivity contribution in [2.24, 2.45) is 0 Å². The summed E-state index contributed by atoms with van der Waals surface area (Å²) >= 11 is 0. The van der Waals surface area contributed by atoms with Crippen molar-refractivity contribution in [2.75, 3.05) is 19.7 Å². The Morgan fingerprint density at radius 1 is 1.42 bits per heavy atom. The summed E-state index contributed by atoms with van der Waals surface area (Å²) in [6, 6.07) is -0.113. The average Bonchev–Trinajstić information content (AvgIpc) is 3.24. The zero-order chi connectivity index (χ0) is 17.3. The molecule has 0 N–H and O–H groups in total. The fourth-order valence-electron chi connectivity index (χ4n) is 3.34. The standard InChI is InChI=1S/C16H24N4O4/c1-10(2)15-17-14(18-24-15)9-20(11(3)21)12-4-6-19(8-12)13-5-7-23-16(13)22/h10,12-13H,4-9H2,1-3H3. The van der Waals surface area contributed by atoms with E-state index < -0.39 is 0 Å². The van der Waals surface area contributed by atoms with E-state index in [9.17, 15) is 9.59 Å². The first-order valence-electron chi connectivity index (χ1n) is 8.46. The Labute approximate surface area is 141 Å². The molecule has 1 aromatic rings. The minimum Gasteiger partial charge on any atom is -0.464 e. The summed E-state index contributed by atoms with van der Waals surface area (Å²) < 4.78 is 10.3. The lowest BCUT2D eigenvalue weighted by Gasteiger charge is -2.27. The number of cyclic esters (lactones) is 1. The van der Waals surface area contributed by atoms with Crippen molar-refractivity contribution in [3.05, 3.63) is 11.7 Å². The van der Waals surface area contributed by atoms with Gasteiger partial charge in [-0.2, -0.15) is 4.98 Å². The molecular formula is C16H24N4O4. The molecule has 8 heteroatoms. The zero-order valence-electron chi connectivity index (χ0n) is 14.4. The van der Waals surface area contributed by atoms with Gasteiger partial charge in [0.1, 0.15) is 6.04 Å². The number of carbonyl (C=O) groups is 2. The van der Waals surface area contributed by atoms with E-state index in [2.05, 4.69) is 15.0 Å². The van der Waals surface area contributed by atoms with E-state index in [4.69, 9.17) is 9.26 Å². The van der Waals surface area contributed by atoms with Crippen LogP contribution in [0.15, 0.2) is 4.52 Å². The predicted molar refractivity (Wildman–Crippen MR) is 84.0 cm³/mol. The summed E-state index contributed by atoms with van der Waals surface area (Å²) in [4.78, 5) is 32.1. The number of aromatic nitrogens is 2. The number of amides is 1. The second-order valence-electron chi connectivity index (χ2n) is 6.76. The van der Waals surface area contributed by atoms with Gasteiger partial charge in [-0.3, -0.25) is 14.5 Å². The Balaban J connectivity index is 1.65. The van der Waals surface area contributed by atoms with Gasteiger partial charge in [0.2, 0.25) is 11.8 Å². The van der Waals surface area contributed by atoms with Gasteiger partial charge in [-0.05, 0) is 6.42 Å². The van der Waals surface area contributed by atoms with Gasteiger partial charge < -0.3 is 14.2 Å². The lowest BCUT2D eigenvalue weighted by Crippen LogP contribution is -2.43. The second-order valence-corrected chi connectivity index (χ2v) is 6.76. The van der Waals surface area contributed by atoms with Crippen LogP contribution in [0.4, 0.5) is 0 Å². The molecule has 0 bridgehead atoms. The van der Waals surface area contributed by atoms with Crippen molar-refractivity contribution in [3.63, 3.8) is 0 Å². The molecule has 2 aliphatic heterocycles. The zero-order valence-corrected chi connectivity index (χ0v) is 14.4. The van der Waals surface area contributed by atoms with Crippen molar-refractivity contribution in [2.45, 2.75) is 58.2 Å². The lowest BCUT2D eigenvalue weighted by molar-refractivity contribution is -0.142. The van der Waals surface area contributed by atoms with Crippen LogP contribution in [-0.4, -0.2) is 63.6 Å². The fourth-order valence-corrected chi connectivity index (χ4v) is 3.34. The van der Waals surface area contributed by atoms with Crippen LogP contribution in [-0.2, 0) is 20.9 Å². The Morgan fingerprint density at radius 2 is 2.21 bits per heavy atom. The van der Waals surface area contributed by atoms with E-state index in [1.807, 2.05) is 13.8 Å². The van der Waals surface area contributed by atoms with Gasteiger partial charge in [-0.15, -0.1) is 0 Å². The number of esters is 1. The van der Waals surface area contributed by atoms with Crippen LogP contribution in [0.3, 0.4) is 0 Å². The maximum atomic E-state index is 12.1. The normalized spacial score (nSPS) is 24.6. The van der Waals surface area contributed by atoms with E-state index in [0.29, 0.717) is 31.4 Å². The first-order chi connectivity index (χ1) is 11.5. The summed E-state index contributed by atoms with van der Waals surface area (Å²) in [5.41, 5.74) is 0. The fraction of sp³-hybridized carbons (Fsp3) is 0.750. The Kier molecular flexibility index (Phi) is 4.84. The lowest BCUT2D eigenvalue weighted by atomic mass is 10.2. The van der Waals surface area contributed by atoms with Crippen LogP contribution >= 0.6 is 0 Å². The van der Waals surface area contributed by atoms with Gasteiger partial charge in [0.05, 0.1) is 13.2 Å². The van der Waals surface area contributed by atoms with Gasteiger partial charge in [-0.25, -0.2) is 0 Å². The molecule has 0 aliphatic carbocycles. The van der Waals surface area contributed by atoms with Crippen molar-refractivity contribution in [1.82, 2.24) is 19.9 Å². The van der Waals surface area contributed by atoms with Crippen LogP contribution in [0.2, 0.25) is 0 Å². The van der Waals surface area contributed by atoms with E-state index in [1.54, 1.807) is 11.8 Å². The van der Waals surface area contributed by atoms with E-state index in [1.165, 1.54) is 0 Å². The largest absolute Gasteiger partial charge is 0.464 e. The summed E-state index contributed by atoms with van der Waals surface area (Å²) in [7, 11) is 0. The highest BCUT2D eigenvalue weighted by Gasteiger charge is 2.39. The molecule has 1 aromatic heterocycles. The van der Waals surface area contributed by atoms with Crippen LogP contribution in [0.1, 0.15) is 51.2 Å². The number of hydrogen-bond acceptors (Lipinski definition) is 7. The number of carbonyl (C=O) groups excluding carboxylic acids is 2. The molecule has 1 amide bonds. The molecule has 2 fully saturated rings. The van der Waals surface area contributed by atoms with Gasteiger partial charge in [0, 0.05) is 38.4 Å². The molecule has 8 nitrogen and oxygen atoms in total. The Bertz CT molecular complexity index is 615. The van der Waals surface area contributed by atoms with Gasteiger partial charge in [0.15, 0.2) is 5.82 Å². The topological polar surface area (TPSA) is 88.8 Å². The van der Waals surface area contributed by atoms with Crippen molar-refractivity contribution in [1.29, 1.82) is 0 Å². The minimum atomic E-state index is -0.165.